The van der Waals surface area contributed by atoms with Crippen LogP contribution in [0, 0.1) is 39.9 Å². The molecule has 0 spiro atoms. The molecule has 0 fully saturated rings. The summed E-state index contributed by atoms with van der Waals surface area (Å²) in [4.78, 5) is 136. The van der Waals surface area contributed by atoms with Crippen LogP contribution in [-0.4, -0.2) is 356 Å². The molecule has 0 saturated carbocycles. The van der Waals surface area contributed by atoms with Crippen molar-refractivity contribution in [3.63, 3.8) is 0 Å². The Morgan fingerprint density at radius 2 is 0.627 bits per heavy atom. The quantitative estimate of drug-likeness (QED) is 0.0199. The molecule has 0 aliphatic rings. The van der Waals surface area contributed by atoms with Gasteiger partial charge in [0.1, 0.15) is 48.8 Å². The number of rotatable bonds is 46. The first-order valence-electron chi connectivity index (χ1n) is 23.8. The number of aliphatic carboxylic acids is 3. The van der Waals surface area contributed by atoms with E-state index in [2.05, 4.69) is 31.3 Å². The van der Waals surface area contributed by atoms with Crippen LogP contribution in [0.15, 0.2) is 20.6 Å². The van der Waals surface area contributed by atoms with Gasteiger partial charge in [-0.3, -0.25) is 53.3 Å². The van der Waals surface area contributed by atoms with Crippen molar-refractivity contribution in [2.24, 2.45) is 20.6 Å². The Morgan fingerprint density at radius 3 is 0.855 bits per heavy atom. The summed E-state index contributed by atoms with van der Waals surface area (Å²) in [5.74, 6) is -11.5. The van der Waals surface area contributed by atoms with Gasteiger partial charge in [0.05, 0.1) is 82.3 Å². The van der Waals surface area contributed by atoms with Crippen molar-refractivity contribution in [2.75, 3.05) is 138 Å². The summed E-state index contributed by atoms with van der Waals surface area (Å²) >= 11 is 0. The van der Waals surface area contributed by atoms with Gasteiger partial charge in [-0.2, -0.15) is 0 Å². The van der Waals surface area contributed by atoms with Gasteiger partial charge in [-0.15, -0.1) is 0 Å². The molecule has 0 bridgehead atoms. The molecule has 40 nitrogen and oxygen atoms in total. The Kier molecular flexibility index (Phi) is 46.6. The van der Waals surface area contributed by atoms with E-state index < -0.39 is 227 Å². The van der Waals surface area contributed by atoms with Crippen molar-refractivity contribution in [3.8, 4) is 0 Å². The van der Waals surface area contributed by atoms with E-state index in [-0.39, 0.29) is 58.5 Å². The number of carbonyl (C=O) groups excluding carboxylic acids is 9. The standard InChI is InChI=1S/C42H71N11O28.Gd.H2O/c54-18-30(62)26(58)9-45-78-22-36(68)52(37(69)23-79-46-10-27(59)31(63)19-55)3-1-43-34(66)13-50(16-41(74)75)7-5-49(15-40(72)73)6-8-51(17-42(76)77)14-35(67)44-2-4-53(38(70)24-80-47-11-28(60)32(64)20-56)39(71)25-81-48-12-29(61)33(65)21-57;;/h9-12,26-33,54-65H,1-8,13-25H2,(H,43,66)(H,44,67)(H,72,73)(H,74,75)(H,76,77);;1H2/q;+3;/p-3/b45-9+,46-10+,47-11+,48-12+;;/t26-,27?,28?,29?,30-,31-,32-,33?;;/m1../s1. The van der Waals surface area contributed by atoms with Crippen molar-refractivity contribution in [1.29, 1.82) is 0 Å². The second-order valence-corrected chi connectivity index (χ2v) is 16.5. The predicted octanol–water partition coefficient (Wildman–Crippen LogP) is -17.9. The van der Waals surface area contributed by atoms with E-state index >= 15 is 0 Å². The zero-order chi connectivity index (χ0) is 61.5. The molecule has 6 amide bonds. The largest absolute Gasteiger partial charge is 3.00 e. The number of carboxylic acids is 3. The number of hydrogen-bond acceptors (Lipinski definition) is 35. The smallest absolute Gasteiger partial charge is 0.549 e. The topological polar surface area (TPSA) is 624 Å². The van der Waals surface area contributed by atoms with Crippen molar-refractivity contribution in [2.45, 2.75) is 48.8 Å². The number of aliphatic hydroxyl groups excluding tert-OH is 12. The van der Waals surface area contributed by atoms with Gasteiger partial charge in [0, 0.05) is 72.0 Å². The van der Waals surface area contributed by atoms with E-state index in [1.807, 2.05) is 0 Å². The van der Waals surface area contributed by atoms with Gasteiger partial charge in [0.15, 0.2) is 26.4 Å². The molecule has 0 aliphatic heterocycles. The Morgan fingerprint density at radius 1 is 0.398 bits per heavy atom. The van der Waals surface area contributed by atoms with Gasteiger partial charge in [-0.1, -0.05) is 20.6 Å². The molecule has 16 N–H and O–H groups in total. The van der Waals surface area contributed by atoms with E-state index in [0.717, 1.165) is 14.7 Å². The molecule has 8 atom stereocenters. The van der Waals surface area contributed by atoms with Gasteiger partial charge < -0.3 is 126 Å². The number of oxime groups is 4. The Hall–Kier alpha value is -5.81. The minimum absolute atomic E-state index is 0. The summed E-state index contributed by atoms with van der Waals surface area (Å²) < 4.78 is 0. The number of hydrogen-bond donors (Lipinski definition) is 14. The van der Waals surface area contributed by atoms with Crippen LogP contribution in [0.2, 0.25) is 0 Å². The van der Waals surface area contributed by atoms with Crippen LogP contribution in [0.3, 0.4) is 0 Å². The molecule has 0 aromatic rings. The number of carboxylic acid groups (broad SMARTS) is 3. The van der Waals surface area contributed by atoms with Crippen LogP contribution in [0.5, 0.6) is 0 Å². The zero-order valence-corrected chi connectivity index (χ0v) is 46.3. The summed E-state index contributed by atoms with van der Waals surface area (Å²) in [6.07, 6.45) is -11.1. The number of aliphatic hydroxyl groups is 12. The van der Waals surface area contributed by atoms with E-state index in [0.29, 0.717) is 34.7 Å². The second-order valence-electron chi connectivity index (χ2n) is 16.5. The van der Waals surface area contributed by atoms with Gasteiger partial charge in [0.25, 0.3) is 23.6 Å². The van der Waals surface area contributed by atoms with Crippen LogP contribution < -0.4 is 26.0 Å². The van der Waals surface area contributed by atoms with E-state index in [1.165, 1.54) is 0 Å². The van der Waals surface area contributed by atoms with Gasteiger partial charge >= 0.3 is 39.9 Å². The van der Waals surface area contributed by atoms with Gasteiger partial charge in [0.2, 0.25) is 11.8 Å². The third-order valence-electron chi connectivity index (χ3n) is 10.0. The number of imide groups is 2. The molecule has 0 heterocycles. The molecule has 0 aliphatic carbocycles. The first kappa shape index (κ1) is 81.4. The van der Waals surface area contributed by atoms with Crippen LogP contribution in [0.1, 0.15) is 0 Å². The molecular weight excluding hydrogens is 1280 g/mol. The average Bonchev–Trinajstić information content (AvgIpc) is 3.41. The summed E-state index contributed by atoms with van der Waals surface area (Å²) in [6, 6.07) is 0. The number of amides is 6. The third-order valence-corrected chi connectivity index (χ3v) is 10.0. The number of carbonyl (C=O) groups is 9. The summed E-state index contributed by atoms with van der Waals surface area (Å²) in [5.41, 5.74) is 0. The molecular formula is C42H70GdN11O29. The van der Waals surface area contributed by atoms with Gasteiger partial charge in [-0.25, -0.2) is 0 Å². The summed E-state index contributed by atoms with van der Waals surface area (Å²) in [5, 5.41) is 164. The van der Waals surface area contributed by atoms with Crippen molar-refractivity contribution in [1.82, 2.24) is 35.1 Å². The second kappa shape index (κ2) is 47.5. The minimum atomic E-state index is -1.72. The van der Waals surface area contributed by atoms with E-state index in [1.54, 1.807) is 0 Å². The number of nitrogens with zero attached hydrogens (tertiary/aromatic N) is 9. The Balaban J connectivity index is -0.0000320. The molecule has 41 heteroatoms. The third kappa shape index (κ3) is 38.6. The van der Waals surface area contributed by atoms with Crippen molar-refractivity contribution >= 4 is 78.2 Å². The molecule has 475 valence electrons. The number of nitrogens with one attached hydrogen (secondary N) is 2. The monoisotopic (exact) mass is 1350 g/mol. The molecule has 0 aromatic carbocycles. The van der Waals surface area contributed by atoms with Crippen LogP contribution >= 0.6 is 0 Å². The van der Waals surface area contributed by atoms with Crippen LogP contribution in [-0.2, 0) is 62.5 Å². The van der Waals surface area contributed by atoms with Crippen LogP contribution in [0.4, 0.5) is 0 Å². The minimum Gasteiger partial charge on any atom is -0.549 e. The normalized spacial score (nSPS) is 14.4. The molecule has 0 rings (SSSR count). The summed E-state index contributed by atoms with van der Waals surface area (Å²) in [6.45, 7) is -15.4. The van der Waals surface area contributed by atoms with Gasteiger partial charge in [-0.05, 0) is 0 Å². The van der Waals surface area contributed by atoms with Crippen LogP contribution in [0.25, 0.3) is 0 Å². The average molecular weight is 1350 g/mol. The van der Waals surface area contributed by atoms with E-state index in [9.17, 15) is 99.3 Å². The van der Waals surface area contributed by atoms with Crippen molar-refractivity contribution < 1.29 is 185 Å². The van der Waals surface area contributed by atoms with E-state index in [4.69, 9.17) is 39.8 Å². The summed E-state index contributed by atoms with van der Waals surface area (Å²) in [7, 11) is 0. The fraction of sp³-hybridized carbons (Fsp3) is 0.690. The van der Waals surface area contributed by atoms with Crippen molar-refractivity contribution in [3.05, 3.63) is 0 Å². The maximum Gasteiger partial charge on any atom is 3.00 e. The molecule has 0 aromatic heterocycles. The molecule has 0 saturated heterocycles. The molecule has 1 radical (unpaired) electrons. The predicted molar refractivity (Wildman–Crippen MR) is 262 cm³/mol. The fourth-order valence-corrected chi connectivity index (χ4v) is 5.65. The first-order valence-corrected chi connectivity index (χ1v) is 23.8. The Bertz CT molecular complexity index is 1850. The first-order chi connectivity index (χ1) is 38.3. The zero-order valence-electron chi connectivity index (χ0n) is 44.1. The maximum atomic E-state index is 13.0. The SMILES string of the molecule is O.O=C([O-])CN(CCN(CC(=O)[O-])CC(=O)NCCN(C(=O)CO/N=C/C(O)C(O)CO)C(=O)CO/N=C/C(O)[C@H](O)CO)CCN(CC(=O)[O-])CC(=O)NCCN(C(=O)CO/N=C/C(O)[C@H](O)CO)C(=O)CO/N=C/[C@@H](O)[C@H](O)CO.[Gd+3]. The Labute approximate surface area is 502 Å². The fourth-order valence-electron chi connectivity index (χ4n) is 5.65. The molecule has 83 heavy (non-hydrogen) atoms. The molecule has 4 unspecified atom stereocenters. The maximum absolute atomic E-state index is 13.0.